The molecular formula is C15H21N5S. The lowest BCUT2D eigenvalue weighted by atomic mass is 9.97. The number of nitrogens with two attached hydrogens (primary N) is 1. The molecular weight excluding hydrogens is 282 g/mol. The lowest BCUT2D eigenvalue weighted by molar-refractivity contribution is 0.226. The fraction of sp³-hybridized carbons (Fsp3) is 0.467. The lowest BCUT2D eigenvalue weighted by Crippen LogP contribution is -2.32. The van der Waals surface area contributed by atoms with Gasteiger partial charge >= 0.3 is 0 Å². The zero-order valence-corrected chi connectivity index (χ0v) is 13.1. The number of piperidine rings is 1. The minimum atomic E-state index is 0.582. The predicted molar refractivity (Wildman–Crippen MR) is 88.5 cm³/mol. The molecule has 2 aromatic heterocycles. The molecule has 0 bridgehead atoms. The van der Waals surface area contributed by atoms with E-state index in [9.17, 15) is 0 Å². The maximum absolute atomic E-state index is 6.03. The van der Waals surface area contributed by atoms with Crippen LogP contribution in [0.3, 0.4) is 0 Å². The molecule has 1 saturated heterocycles. The summed E-state index contributed by atoms with van der Waals surface area (Å²) < 4.78 is 4.29. The number of aromatic nitrogens is 2. The first-order chi connectivity index (χ1) is 10.2. The second-order valence-electron chi connectivity index (χ2n) is 5.64. The third-order valence-corrected chi connectivity index (χ3v) is 4.88. The Morgan fingerprint density at radius 3 is 2.95 bits per heavy atom. The van der Waals surface area contributed by atoms with E-state index in [0.717, 1.165) is 28.6 Å². The van der Waals surface area contributed by atoms with Gasteiger partial charge in [0.05, 0.1) is 5.56 Å². The predicted octanol–water partition coefficient (Wildman–Crippen LogP) is 2.54. The highest BCUT2D eigenvalue weighted by molar-refractivity contribution is 7.11. The van der Waals surface area contributed by atoms with Gasteiger partial charge in [-0.15, -0.1) is 0 Å². The molecule has 0 radical (unpaired) electrons. The second-order valence-corrected chi connectivity index (χ2v) is 6.41. The van der Waals surface area contributed by atoms with Crippen LogP contribution in [0, 0.1) is 5.92 Å². The SMILES string of the molecule is CN1CCC(CNc2snc(N)c2-c2cccnc2)CC1. The molecule has 1 fully saturated rings. The highest BCUT2D eigenvalue weighted by atomic mass is 32.1. The lowest BCUT2D eigenvalue weighted by Gasteiger charge is -2.29. The van der Waals surface area contributed by atoms with Gasteiger partial charge in [0, 0.05) is 24.5 Å². The minimum absolute atomic E-state index is 0.582. The summed E-state index contributed by atoms with van der Waals surface area (Å²) in [7, 11) is 2.19. The average molecular weight is 303 g/mol. The van der Waals surface area contributed by atoms with Gasteiger partial charge in [-0.3, -0.25) is 4.98 Å². The molecule has 0 amide bonds. The highest BCUT2D eigenvalue weighted by Gasteiger charge is 2.18. The van der Waals surface area contributed by atoms with E-state index in [1.165, 1.54) is 37.5 Å². The van der Waals surface area contributed by atoms with E-state index in [2.05, 4.69) is 26.6 Å². The van der Waals surface area contributed by atoms with E-state index < -0.39 is 0 Å². The van der Waals surface area contributed by atoms with Crippen molar-refractivity contribution in [3.8, 4) is 11.1 Å². The summed E-state index contributed by atoms with van der Waals surface area (Å²) in [5.74, 6) is 1.31. The Morgan fingerprint density at radius 1 is 1.43 bits per heavy atom. The molecule has 3 rings (SSSR count). The molecule has 0 aliphatic carbocycles. The van der Waals surface area contributed by atoms with Gasteiger partial charge < -0.3 is 16.0 Å². The van der Waals surface area contributed by atoms with E-state index in [4.69, 9.17) is 5.73 Å². The van der Waals surface area contributed by atoms with Crippen molar-refractivity contribution < 1.29 is 0 Å². The third-order valence-electron chi connectivity index (χ3n) is 4.06. The Kier molecular flexibility index (Phi) is 4.36. The largest absolute Gasteiger partial charge is 0.382 e. The average Bonchev–Trinajstić information content (AvgIpc) is 2.88. The summed E-state index contributed by atoms with van der Waals surface area (Å²) in [6.07, 6.45) is 6.10. The van der Waals surface area contributed by atoms with E-state index in [-0.39, 0.29) is 0 Å². The zero-order chi connectivity index (χ0) is 14.7. The number of nitrogens with zero attached hydrogens (tertiary/aromatic N) is 3. The number of nitrogens with one attached hydrogen (secondary N) is 1. The summed E-state index contributed by atoms with van der Waals surface area (Å²) in [5, 5.41) is 4.60. The molecule has 5 nitrogen and oxygen atoms in total. The number of hydrogen-bond donors (Lipinski definition) is 2. The number of nitrogen functional groups attached to an aromatic ring is 1. The van der Waals surface area contributed by atoms with Gasteiger partial charge in [0.25, 0.3) is 0 Å². The van der Waals surface area contributed by atoms with Crippen LogP contribution in [0.2, 0.25) is 0 Å². The minimum Gasteiger partial charge on any atom is -0.382 e. The molecule has 0 atom stereocenters. The van der Waals surface area contributed by atoms with Crippen LogP contribution in [0.5, 0.6) is 0 Å². The van der Waals surface area contributed by atoms with Gasteiger partial charge in [0.15, 0.2) is 0 Å². The molecule has 21 heavy (non-hydrogen) atoms. The van der Waals surface area contributed by atoms with E-state index in [0.29, 0.717) is 5.82 Å². The number of pyridine rings is 1. The third kappa shape index (κ3) is 3.33. The Morgan fingerprint density at radius 2 is 2.24 bits per heavy atom. The normalized spacial score (nSPS) is 17.0. The van der Waals surface area contributed by atoms with Crippen molar-refractivity contribution in [1.29, 1.82) is 0 Å². The highest BCUT2D eigenvalue weighted by Crippen LogP contribution is 2.36. The number of hydrogen-bond acceptors (Lipinski definition) is 6. The fourth-order valence-corrected chi connectivity index (χ4v) is 3.46. The van der Waals surface area contributed by atoms with Crippen molar-refractivity contribution in [3.63, 3.8) is 0 Å². The number of rotatable bonds is 4. The van der Waals surface area contributed by atoms with E-state index >= 15 is 0 Å². The van der Waals surface area contributed by atoms with Gasteiger partial charge in [-0.25, -0.2) is 0 Å². The van der Waals surface area contributed by atoms with Gasteiger partial charge in [-0.05, 0) is 56.5 Å². The van der Waals surface area contributed by atoms with Gasteiger partial charge in [-0.2, -0.15) is 4.37 Å². The van der Waals surface area contributed by atoms with Crippen molar-refractivity contribution in [2.45, 2.75) is 12.8 Å². The van der Waals surface area contributed by atoms with E-state index in [1.54, 1.807) is 6.20 Å². The molecule has 1 aliphatic rings. The van der Waals surface area contributed by atoms with Gasteiger partial charge in [-0.1, -0.05) is 6.07 Å². The van der Waals surface area contributed by atoms with Crippen molar-refractivity contribution >= 4 is 22.4 Å². The molecule has 3 heterocycles. The molecule has 6 heteroatoms. The Balaban J connectivity index is 1.69. The van der Waals surface area contributed by atoms with Crippen LogP contribution in [-0.4, -0.2) is 40.9 Å². The standard InChI is InChI=1S/C15H21N5S/c1-20-7-4-11(5-8-20)9-18-15-13(14(16)19-21-15)12-3-2-6-17-10-12/h2-3,6,10-11,18H,4-5,7-9H2,1H3,(H2,16,19). The Hall–Kier alpha value is -1.66. The molecule has 0 unspecified atom stereocenters. The maximum atomic E-state index is 6.03. The molecule has 0 spiro atoms. The van der Waals surface area contributed by atoms with Crippen LogP contribution in [-0.2, 0) is 0 Å². The van der Waals surface area contributed by atoms with E-state index in [1.807, 2.05) is 18.3 Å². The van der Waals surface area contributed by atoms with Gasteiger partial charge in [0.1, 0.15) is 10.8 Å². The first-order valence-corrected chi connectivity index (χ1v) is 8.09. The fourth-order valence-electron chi connectivity index (χ4n) is 2.72. The van der Waals surface area contributed by atoms with Crippen molar-refractivity contribution in [2.75, 3.05) is 37.7 Å². The van der Waals surface area contributed by atoms with Crippen molar-refractivity contribution in [3.05, 3.63) is 24.5 Å². The van der Waals surface area contributed by atoms with Crippen LogP contribution < -0.4 is 11.1 Å². The summed E-state index contributed by atoms with van der Waals surface area (Å²) in [6, 6.07) is 3.95. The molecule has 0 saturated carbocycles. The van der Waals surface area contributed by atoms with Gasteiger partial charge in [0.2, 0.25) is 0 Å². The second kappa shape index (κ2) is 6.41. The smallest absolute Gasteiger partial charge is 0.147 e. The number of likely N-dealkylation sites (tertiary alicyclic amines) is 1. The molecule has 1 aliphatic heterocycles. The van der Waals surface area contributed by atoms with Crippen LogP contribution in [0.15, 0.2) is 24.5 Å². The molecule has 3 N–H and O–H groups in total. The molecule has 112 valence electrons. The molecule has 2 aromatic rings. The number of anilines is 2. The Labute approximate surface area is 129 Å². The van der Waals surface area contributed by atoms with Crippen molar-refractivity contribution in [1.82, 2.24) is 14.3 Å². The maximum Gasteiger partial charge on any atom is 0.147 e. The van der Waals surface area contributed by atoms with Crippen LogP contribution in [0.1, 0.15) is 12.8 Å². The summed E-state index contributed by atoms with van der Waals surface area (Å²) in [5.41, 5.74) is 8.04. The summed E-state index contributed by atoms with van der Waals surface area (Å²) in [4.78, 5) is 6.56. The first-order valence-electron chi connectivity index (χ1n) is 7.32. The summed E-state index contributed by atoms with van der Waals surface area (Å²) >= 11 is 1.44. The van der Waals surface area contributed by atoms with Crippen LogP contribution in [0.25, 0.3) is 11.1 Å². The monoisotopic (exact) mass is 303 g/mol. The topological polar surface area (TPSA) is 67.1 Å². The van der Waals surface area contributed by atoms with Crippen molar-refractivity contribution in [2.24, 2.45) is 5.92 Å². The zero-order valence-electron chi connectivity index (χ0n) is 12.2. The molecule has 0 aromatic carbocycles. The summed E-state index contributed by atoms with van der Waals surface area (Å²) in [6.45, 7) is 3.36. The van der Waals surface area contributed by atoms with Crippen LogP contribution >= 0.6 is 11.5 Å². The quantitative estimate of drug-likeness (QED) is 0.908. The van der Waals surface area contributed by atoms with Crippen LogP contribution in [0.4, 0.5) is 10.8 Å². The Bertz CT molecular complexity index is 575. The first kappa shape index (κ1) is 14.3.